The summed E-state index contributed by atoms with van der Waals surface area (Å²) in [6, 6.07) is 13.9. The van der Waals surface area contributed by atoms with Crippen molar-refractivity contribution in [3.8, 4) is 16.9 Å². The van der Waals surface area contributed by atoms with Gasteiger partial charge in [0.05, 0.1) is 6.61 Å². The maximum Gasteiger partial charge on any atom is 0.330 e. The lowest BCUT2D eigenvalue weighted by Crippen LogP contribution is -2.03. The summed E-state index contributed by atoms with van der Waals surface area (Å²) in [5, 5.41) is 8.82. The van der Waals surface area contributed by atoms with Gasteiger partial charge in [-0.2, -0.15) is 0 Å². The molecule has 0 saturated heterocycles. The molecule has 0 aromatic heterocycles. The Hall–Kier alpha value is -2.59. The second-order valence-electron chi connectivity index (χ2n) is 5.65. The zero-order chi connectivity index (χ0) is 18.1. The first-order chi connectivity index (χ1) is 12.2. The summed E-state index contributed by atoms with van der Waals surface area (Å²) >= 11 is 0. The molecule has 4 heteroatoms. The Labute approximate surface area is 148 Å². The van der Waals surface area contributed by atoms with Gasteiger partial charge in [0, 0.05) is 6.08 Å². The molecular weight excluding hydrogens is 316 g/mol. The summed E-state index contributed by atoms with van der Waals surface area (Å²) in [4.78, 5) is 11.4. The van der Waals surface area contributed by atoms with E-state index in [2.05, 4.69) is 31.7 Å². The highest BCUT2D eigenvalue weighted by atomic mass is 16.5. The van der Waals surface area contributed by atoms with E-state index in [1.165, 1.54) is 11.6 Å². The number of hydrogen-bond donors (Lipinski definition) is 1. The van der Waals surface area contributed by atoms with Crippen molar-refractivity contribution in [2.75, 3.05) is 13.2 Å². The SMILES string of the molecule is C=CC(=O)OCc1cc(CCC)ccc1-c1ccc(OCCO)cc1. The first kappa shape index (κ1) is 18.7. The zero-order valence-electron chi connectivity index (χ0n) is 14.5. The first-order valence-corrected chi connectivity index (χ1v) is 8.43. The molecule has 25 heavy (non-hydrogen) atoms. The average molecular weight is 340 g/mol. The average Bonchev–Trinajstić information content (AvgIpc) is 2.65. The largest absolute Gasteiger partial charge is 0.491 e. The van der Waals surface area contributed by atoms with Gasteiger partial charge in [-0.15, -0.1) is 0 Å². The molecule has 0 atom stereocenters. The van der Waals surface area contributed by atoms with E-state index in [4.69, 9.17) is 14.6 Å². The smallest absolute Gasteiger partial charge is 0.330 e. The third kappa shape index (κ3) is 5.47. The fourth-order valence-electron chi connectivity index (χ4n) is 2.59. The number of benzene rings is 2. The van der Waals surface area contributed by atoms with Gasteiger partial charge in [-0.05, 0) is 40.8 Å². The zero-order valence-corrected chi connectivity index (χ0v) is 14.5. The van der Waals surface area contributed by atoms with Gasteiger partial charge in [-0.25, -0.2) is 4.79 Å². The van der Waals surface area contributed by atoms with Gasteiger partial charge in [0.15, 0.2) is 0 Å². The molecule has 0 saturated carbocycles. The van der Waals surface area contributed by atoms with Crippen LogP contribution in [0.2, 0.25) is 0 Å². The normalized spacial score (nSPS) is 10.3. The second kappa shape index (κ2) is 9.64. The van der Waals surface area contributed by atoms with E-state index in [0.29, 0.717) is 5.75 Å². The van der Waals surface area contributed by atoms with E-state index in [-0.39, 0.29) is 19.8 Å². The van der Waals surface area contributed by atoms with Gasteiger partial charge in [0.1, 0.15) is 19.0 Å². The van der Waals surface area contributed by atoms with Crippen LogP contribution in [-0.4, -0.2) is 24.3 Å². The lowest BCUT2D eigenvalue weighted by atomic mass is 9.96. The van der Waals surface area contributed by atoms with Gasteiger partial charge < -0.3 is 14.6 Å². The molecule has 0 unspecified atom stereocenters. The minimum atomic E-state index is -0.431. The third-order valence-corrected chi connectivity index (χ3v) is 3.77. The lowest BCUT2D eigenvalue weighted by molar-refractivity contribution is -0.138. The van der Waals surface area contributed by atoms with Crippen molar-refractivity contribution >= 4 is 5.97 Å². The summed E-state index contributed by atoms with van der Waals surface area (Å²) < 4.78 is 10.6. The molecule has 0 aliphatic heterocycles. The summed E-state index contributed by atoms with van der Waals surface area (Å²) in [7, 11) is 0. The highest BCUT2D eigenvalue weighted by Crippen LogP contribution is 2.28. The Bertz CT molecular complexity index is 704. The first-order valence-electron chi connectivity index (χ1n) is 8.43. The molecule has 0 aliphatic rings. The molecule has 2 rings (SSSR count). The Balaban J connectivity index is 2.27. The molecule has 132 valence electrons. The minimum absolute atomic E-state index is 0.0144. The van der Waals surface area contributed by atoms with Crippen molar-refractivity contribution in [1.82, 2.24) is 0 Å². The summed E-state index contributed by atoms with van der Waals surface area (Å²) in [5.41, 5.74) is 4.22. The molecule has 0 heterocycles. The number of rotatable bonds is 9. The van der Waals surface area contributed by atoms with Crippen molar-refractivity contribution in [3.05, 3.63) is 66.2 Å². The van der Waals surface area contributed by atoms with Crippen LogP contribution in [0.4, 0.5) is 0 Å². The number of ether oxygens (including phenoxy) is 2. The van der Waals surface area contributed by atoms with Crippen LogP contribution in [-0.2, 0) is 22.6 Å². The second-order valence-corrected chi connectivity index (χ2v) is 5.65. The van der Waals surface area contributed by atoms with Crippen molar-refractivity contribution in [3.63, 3.8) is 0 Å². The van der Waals surface area contributed by atoms with Crippen LogP contribution >= 0.6 is 0 Å². The number of aliphatic hydroxyl groups is 1. The fourth-order valence-corrected chi connectivity index (χ4v) is 2.59. The number of carbonyl (C=O) groups excluding carboxylic acids is 1. The van der Waals surface area contributed by atoms with Gasteiger partial charge in [0.25, 0.3) is 0 Å². The van der Waals surface area contributed by atoms with Crippen LogP contribution in [0.25, 0.3) is 11.1 Å². The number of hydrogen-bond acceptors (Lipinski definition) is 4. The van der Waals surface area contributed by atoms with E-state index in [0.717, 1.165) is 29.5 Å². The highest BCUT2D eigenvalue weighted by Gasteiger charge is 2.09. The Morgan fingerprint density at radius 1 is 1.20 bits per heavy atom. The van der Waals surface area contributed by atoms with E-state index < -0.39 is 5.97 Å². The van der Waals surface area contributed by atoms with Gasteiger partial charge in [-0.1, -0.05) is 50.3 Å². The Morgan fingerprint density at radius 3 is 2.60 bits per heavy atom. The molecule has 0 aliphatic carbocycles. The predicted molar refractivity (Wildman–Crippen MR) is 98.4 cm³/mol. The van der Waals surface area contributed by atoms with E-state index >= 15 is 0 Å². The summed E-state index contributed by atoms with van der Waals surface area (Å²) in [5.74, 6) is 0.277. The number of carbonyl (C=O) groups is 1. The third-order valence-electron chi connectivity index (χ3n) is 3.77. The molecule has 0 spiro atoms. The van der Waals surface area contributed by atoms with Crippen LogP contribution in [0.3, 0.4) is 0 Å². The Morgan fingerprint density at radius 2 is 1.96 bits per heavy atom. The molecule has 2 aromatic carbocycles. The predicted octanol–water partition coefficient (Wildman–Crippen LogP) is 3.91. The molecule has 1 N–H and O–H groups in total. The quantitative estimate of drug-likeness (QED) is 0.555. The van der Waals surface area contributed by atoms with Gasteiger partial charge >= 0.3 is 5.97 Å². The number of aliphatic hydroxyl groups excluding tert-OH is 1. The van der Waals surface area contributed by atoms with Crippen molar-refractivity contribution in [1.29, 1.82) is 0 Å². The maximum absolute atomic E-state index is 11.4. The summed E-state index contributed by atoms with van der Waals surface area (Å²) in [6.07, 6.45) is 3.21. The molecule has 0 amide bonds. The molecule has 0 fully saturated rings. The van der Waals surface area contributed by atoms with Crippen LogP contribution in [0.15, 0.2) is 55.1 Å². The monoisotopic (exact) mass is 340 g/mol. The van der Waals surface area contributed by atoms with Crippen molar-refractivity contribution in [2.45, 2.75) is 26.4 Å². The topological polar surface area (TPSA) is 55.8 Å². The van der Waals surface area contributed by atoms with Crippen molar-refractivity contribution in [2.24, 2.45) is 0 Å². The van der Waals surface area contributed by atoms with Crippen LogP contribution in [0.1, 0.15) is 24.5 Å². The van der Waals surface area contributed by atoms with Crippen LogP contribution in [0.5, 0.6) is 5.75 Å². The molecular formula is C21H24O4. The summed E-state index contributed by atoms with van der Waals surface area (Å²) in [6.45, 7) is 6.03. The molecule has 0 bridgehead atoms. The van der Waals surface area contributed by atoms with Crippen LogP contribution < -0.4 is 4.74 Å². The molecule has 2 aromatic rings. The molecule has 4 nitrogen and oxygen atoms in total. The van der Waals surface area contributed by atoms with Gasteiger partial charge in [-0.3, -0.25) is 0 Å². The standard InChI is InChI=1S/C21H24O4/c1-3-5-16-6-11-20(18(14-16)15-25-21(23)4-2)17-7-9-19(10-8-17)24-13-12-22/h4,6-11,14,22H,2-3,5,12-13,15H2,1H3. The van der Waals surface area contributed by atoms with E-state index in [9.17, 15) is 4.79 Å². The minimum Gasteiger partial charge on any atom is -0.491 e. The van der Waals surface area contributed by atoms with Gasteiger partial charge in [0.2, 0.25) is 0 Å². The van der Waals surface area contributed by atoms with Crippen LogP contribution in [0, 0.1) is 0 Å². The maximum atomic E-state index is 11.4. The highest BCUT2D eigenvalue weighted by molar-refractivity contribution is 5.81. The fraction of sp³-hybridized carbons (Fsp3) is 0.286. The number of esters is 1. The van der Waals surface area contributed by atoms with E-state index in [1.807, 2.05) is 24.3 Å². The van der Waals surface area contributed by atoms with Crippen molar-refractivity contribution < 1.29 is 19.4 Å². The lowest BCUT2D eigenvalue weighted by Gasteiger charge is -2.13. The molecule has 0 radical (unpaired) electrons. The number of aryl methyl sites for hydroxylation is 1. The van der Waals surface area contributed by atoms with E-state index in [1.54, 1.807) is 0 Å². The Kier molecular flexibility index (Phi) is 7.23.